The zero-order valence-corrected chi connectivity index (χ0v) is 15.4. The van der Waals surface area contributed by atoms with Crippen molar-refractivity contribution in [1.29, 1.82) is 0 Å². The maximum absolute atomic E-state index is 8.62. The molecule has 3 heterocycles. The number of H-pyrrole nitrogens is 1. The molecule has 4 nitrogen and oxygen atoms in total. The van der Waals surface area contributed by atoms with Gasteiger partial charge in [0.25, 0.3) is 0 Å². The first-order valence-electron chi connectivity index (χ1n) is 8.67. The van der Waals surface area contributed by atoms with Crippen LogP contribution in [0, 0.1) is 6.92 Å². The number of pyridine rings is 1. The highest BCUT2D eigenvalue weighted by atomic mass is 16.7. The molecule has 0 bridgehead atoms. The fourth-order valence-electron chi connectivity index (χ4n) is 2.90. The van der Waals surface area contributed by atoms with Crippen LogP contribution in [0.3, 0.4) is 0 Å². The molecular formula is C18H27BN2O2. The number of hydrogen-bond acceptors (Lipinski definition) is 3. The van der Waals surface area contributed by atoms with Gasteiger partial charge in [0.05, 0.1) is 11.2 Å². The van der Waals surface area contributed by atoms with Crippen molar-refractivity contribution < 1.29 is 10.7 Å². The Morgan fingerprint density at radius 3 is 2.22 bits per heavy atom. The summed E-state index contributed by atoms with van der Waals surface area (Å²) in [7, 11) is -0.497. The summed E-state index contributed by atoms with van der Waals surface area (Å²) in [6, 6.07) is 4.00. The van der Waals surface area contributed by atoms with Crippen LogP contribution in [-0.4, -0.2) is 28.3 Å². The number of nitrogens with zero attached hydrogens (tertiary/aromatic N) is 1. The molecule has 23 heavy (non-hydrogen) atoms. The third kappa shape index (κ3) is 2.60. The normalized spacial score (nSPS) is 21.0. The molecule has 0 atom stereocenters. The highest BCUT2D eigenvalue weighted by molar-refractivity contribution is 6.65. The van der Waals surface area contributed by atoms with Crippen LogP contribution in [0.4, 0.5) is 0 Å². The second-order valence-electron chi connectivity index (χ2n) is 8.54. The first kappa shape index (κ1) is 15.2. The molecule has 0 aromatic carbocycles. The van der Waals surface area contributed by atoms with Crippen LogP contribution in [-0.2, 0) is 14.7 Å². The Hall–Kier alpha value is -1.33. The smallest absolute Gasteiger partial charge is 0.399 e. The quantitative estimate of drug-likeness (QED) is 0.820. The third-order valence-corrected chi connectivity index (χ3v) is 4.98. The van der Waals surface area contributed by atoms with Crippen molar-refractivity contribution in [2.75, 3.05) is 0 Å². The minimum Gasteiger partial charge on any atom is -0.399 e. The maximum Gasteiger partial charge on any atom is 0.497 e. The molecule has 5 heteroatoms. The molecule has 1 fully saturated rings. The molecule has 0 saturated carbocycles. The summed E-state index contributed by atoms with van der Waals surface area (Å²) in [5.41, 5.74) is 2.31. The minimum atomic E-state index is -0.497. The van der Waals surface area contributed by atoms with Crippen molar-refractivity contribution in [1.82, 2.24) is 9.96 Å². The third-order valence-electron chi connectivity index (χ3n) is 4.98. The molecule has 1 N–H and O–H groups in total. The zero-order chi connectivity index (χ0) is 18.1. The van der Waals surface area contributed by atoms with Crippen LogP contribution in [0.2, 0.25) is 1.41 Å². The lowest BCUT2D eigenvalue weighted by molar-refractivity contribution is 0.00578. The number of hydrogen-bond donors (Lipinski definition) is 1. The molecule has 0 radical (unpaired) electrons. The van der Waals surface area contributed by atoms with E-state index in [1.165, 1.54) is 4.98 Å². The van der Waals surface area contributed by atoms with E-state index in [2.05, 4.69) is 25.8 Å². The Morgan fingerprint density at radius 2 is 1.70 bits per heavy atom. The molecule has 0 aliphatic carbocycles. The van der Waals surface area contributed by atoms with E-state index in [0.717, 1.165) is 22.2 Å². The summed E-state index contributed by atoms with van der Waals surface area (Å²) in [6.07, 6.45) is 0. The second kappa shape index (κ2) is 4.84. The monoisotopic (exact) mass is 315 g/mol. The predicted molar refractivity (Wildman–Crippen MR) is 95.2 cm³/mol. The van der Waals surface area contributed by atoms with E-state index in [0.29, 0.717) is 5.65 Å². The van der Waals surface area contributed by atoms with E-state index in [1.807, 2.05) is 46.8 Å². The largest absolute Gasteiger partial charge is 0.497 e. The highest BCUT2D eigenvalue weighted by Gasteiger charge is 2.53. The summed E-state index contributed by atoms with van der Waals surface area (Å²) < 4.78 is 21.2. The van der Waals surface area contributed by atoms with Gasteiger partial charge in [-0.25, -0.2) is 4.98 Å². The van der Waals surface area contributed by atoms with Crippen LogP contribution in [0.15, 0.2) is 12.1 Å². The Morgan fingerprint density at radius 1 is 1.13 bits per heavy atom. The van der Waals surface area contributed by atoms with E-state index in [9.17, 15) is 0 Å². The molecule has 3 rings (SSSR count). The van der Waals surface area contributed by atoms with Crippen LogP contribution >= 0.6 is 0 Å². The van der Waals surface area contributed by atoms with Gasteiger partial charge in [0.2, 0.25) is 0 Å². The van der Waals surface area contributed by atoms with Gasteiger partial charge in [-0.3, -0.25) is 0 Å². The molecule has 0 spiro atoms. The summed E-state index contributed by atoms with van der Waals surface area (Å²) in [4.78, 5) is 6.03. The zero-order valence-electron chi connectivity index (χ0n) is 16.4. The Bertz CT molecular complexity index is 789. The van der Waals surface area contributed by atoms with Crippen LogP contribution in [0.1, 0.15) is 59.9 Å². The van der Waals surface area contributed by atoms with Crippen molar-refractivity contribution in [3.05, 3.63) is 23.5 Å². The highest BCUT2D eigenvalue weighted by Crippen LogP contribution is 2.38. The van der Waals surface area contributed by atoms with E-state index in [4.69, 9.17) is 10.7 Å². The lowest BCUT2D eigenvalue weighted by Crippen LogP contribution is -2.41. The van der Waals surface area contributed by atoms with E-state index in [1.54, 1.807) is 0 Å². The summed E-state index contributed by atoms with van der Waals surface area (Å²) >= 11 is 0. The summed E-state index contributed by atoms with van der Waals surface area (Å²) in [6.45, 7) is 16.4. The Balaban J connectivity index is 2.28. The van der Waals surface area contributed by atoms with Crippen molar-refractivity contribution in [3.8, 4) is 0 Å². The molecule has 1 aliphatic rings. The molecule has 0 unspecified atom stereocenters. The number of aryl methyl sites for hydroxylation is 1. The fraction of sp³-hybridized carbons (Fsp3) is 0.611. The van der Waals surface area contributed by atoms with Gasteiger partial charge >= 0.3 is 7.12 Å². The number of fused-ring (bicyclic) bond motifs is 1. The first-order valence-corrected chi connectivity index (χ1v) is 8.22. The Labute approximate surface area is 140 Å². The van der Waals surface area contributed by atoms with Gasteiger partial charge in [-0.2, -0.15) is 0 Å². The van der Waals surface area contributed by atoms with E-state index in [-0.39, 0.29) is 5.41 Å². The predicted octanol–water partition coefficient (Wildman–Crippen LogP) is 3.47. The van der Waals surface area contributed by atoms with Crippen molar-refractivity contribution in [2.45, 2.75) is 72.0 Å². The topological polar surface area (TPSA) is 47.1 Å². The molecular weight excluding hydrogens is 287 g/mol. The minimum absolute atomic E-state index is 0.227. The number of aromatic amines is 1. The van der Waals surface area contributed by atoms with Gasteiger partial charge in [-0.1, -0.05) is 20.8 Å². The molecule has 2 aromatic heterocycles. The van der Waals surface area contributed by atoms with Crippen molar-refractivity contribution in [3.63, 3.8) is 0 Å². The lowest BCUT2D eigenvalue weighted by atomic mass is 9.72. The van der Waals surface area contributed by atoms with Crippen LogP contribution < -0.4 is 5.46 Å². The average molecular weight is 315 g/mol. The fourth-order valence-corrected chi connectivity index (χ4v) is 2.90. The first-order chi connectivity index (χ1) is 10.8. The van der Waals surface area contributed by atoms with Gasteiger partial charge in [-0.15, -0.1) is 0 Å². The standard InChI is InChI=1S/C18H27BN2O2/c1-11-9-10-12-13(14(16(2,3)4)21-15(12)20-11)19-22-17(5,6)18(7,8)23-19/h9-10H,1-8H3,(H,20,21)/i/hD. The van der Waals surface area contributed by atoms with Crippen LogP contribution in [0.25, 0.3) is 11.0 Å². The van der Waals surface area contributed by atoms with Crippen molar-refractivity contribution >= 4 is 23.6 Å². The molecule has 1 saturated heterocycles. The van der Waals surface area contributed by atoms with Gasteiger partial charge in [0.1, 0.15) is 5.65 Å². The summed E-state index contributed by atoms with van der Waals surface area (Å²) in [5.74, 6) is 0. The molecule has 124 valence electrons. The van der Waals surface area contributed by atoms with Gasteiger partial charge < -0.3 is 14.3 Å². The van der Waals surface area contributed by atoms with Gasteiger partial charge in [-0.05, 0) is 46.8 Å². The lowest BCUT2D eigenvalue weighted by Gasteiger charge is -2.32. The maximum atomic E-state index is 8.62. The molecule has 1 aliphatic heterocycles. The van der Waals surface area contributed by atoms with E-state index < -0.39 is 18.3 Å². The van der Waals surface area contributed by atoms with Gasteiger partial charge in [0.15, 0.2) is 1.41 Å². The number of rotatable bonds is 1. The molecule has 0 amide bonds. The number of nitrogens with one attached hydrogen (secondary N) is 1. The summed E-state index contributed by atoms with van der Waals surface area (Å²) in [5, 5.41) is 0.930. The van der Waals surface area contributed by atoms with Crippen LogP contribution in [0.5, 0.6) is 0 Å². The van der Waals surface area contributed by atoms with Crippen molar-refractivity contribution in [2.24, 2.45) is 0 Å². The van der Waals surface area contributed by atoms with E-state index >= 15 is 0 Å². The molecule has 2 aromatic rings. The van der Waals surface area contributed by atoms with Gasteiger partial charge in [0, 0.05) is 27.7 Å². The average Bonchev–Trinajstić information content (AvgIpc) is 2.81. The Kier molecular flexibility index (Phi) is 3.20. The second-order valence-corrected chi connectivity index (χ2v) is 8.54. The SMILES string of the molecule is [2H]n1c(C(C)(C)C)c(B2OC(C)(C)C(C)(C)O2)c2ccc(C)nc21. The number of aromatic nitrogens is 2.